The number of unbranched alkanes of at least 4 members (excludes halogenated alkanes) is 1. The summed E-state index contributed by atoms with van der Waals surface area (Å²) in [6.07, 6.45) is 6.79. The monoisotopic (exact) mass is 293 g/mol. The first kappa shape index (κ1) is 16.0. The summed E-state index contributed by atoms with van der Waals surface area (Å²) in [5, 5.41) is 0. The van der Waals surface area contributed by atoms with Crippen LogP contribution in [0, 0.1) is 0 Å². The van der Waals surface area contributed by atoms with Crippen molar-refractivity contribution >= 4 is 5.82 Å². The number of nitrogens with zero attached hydrogens (tertiary/aromatic N) is 4. The second-order valence-corrected chi connectivity index (χ2v) is 5.39. The van der Waals surface area contributed by atoms with Gasteiger partial charge in [0.15, 0.2) is 5.82 Å². The van der Waals surface area contributed by atoms with Crippen LogP contribution in [0.2, 0.25) is 0 Å². The molecule has 21 heavy (non-hydrogen) atoms. The Morgan fingerprint density at radius 3 is 2.71 bits per heavy atom. The lowest BCUT2D eigenvalue weighted by Gasteiger charge is -2.35. The Hall–Kier alpha value is -1.40. The van der Waals surface area contributed by atoms with Gasteiger partial charge in [-0.25, -0.2) is 0 Å². The summed E-state index contributed by atoms with van der Waals surface area (Å²) >= 11 is 0. The Labute approximate surface area is 127 Å². The number of ether oxygens (including phenoxy) is 1. The fourth-order valence-corrected chi connectivity index (χ4v) is 2.45. The Balaban J connectivity index is 1.81. The summed E-state index contributed by atoms with van der Waals surface area (Å²) < 4.78 is 5.55. The van der Waals surface area contributed by atoms with Gasteiger partial charge >= 0.3 is 0 Å². The zero-order valence-corrected chi connectivity index (χ0v) is 13.0. The normalized spacial score (nSPS) is 16.2. The highest BCUT2D eigenvalue weighted by Gasteiger charge is 2.18. The number of rotatable bonds is 8. The van der Waals surface area contributed by atoms with Crippen molar-refractivity contribution in [3.8, 4) is 5.88 Å². The molecule has 1 aliphatic heterocycles. The molecule has 0 spiro atoms. The van der Waals surface area contributed by atoms with Crippen LogP contribution in [0.1, 0.15) is 26.2 Å². The molecule has 2 rings (SSSR count). The summed E-state index contributed by atoms with van der Waals surface area (Å²) in [6, 6.07) is 0. The number of nitrogens with two attached hydrogens (primary N) is 1. The summed E-state index contributed by atoms with van der Waals surface area (Å²) in [7, 11) is 0. The Kier molecular flexibility index (Phi) is 6.69. The van der Waals surface area contributed by atoms with Crippen molar-refractivity contribution in [1.29, 1.82) is 0 Å². The number of anilines is 1. The Bertz CT molecular complexity index is 407. The van der Waals surface area contributed by atoms with Crippen LogP contribution in [-0.2, 0) is 0 Å². The lowest BCUT2D eigenvalue weighted by Crippen LogP contribution is -2.47. The Morgan fingerprint density at radius 1 is 1.19 bits per heavy atom. The molecule has 2 N–H and O–H groups in total. The fourth-order valence-electron chi connectivity index (χ4n) is 2.45. The van der Waals surface area contributed by atoms with E-state index in [1.54, 1.807) is 6.20 Å². The van der Waals surface area contributed by atoms with Crippen molar-refractivity contribution < 1.29 is 4.74 Å². The second-order valence-electron chi connectivity index (χ2n) is 5.39. The molecule has 0 atom stereocenters. The van der Waals surface area contributed by atoms with Gasteiger partial charge in [0.1, 0.15) is 0 Å². The van der Waals surface area contributed by atoms with Crippen molar-refractivity contribution in [3.05, 3.63) is 12.4 Å². The lowest BCUT2D eigenvalue weighted by atomic mass is 10.2. The molecule has 0 amide bonds. The van der Waals surface area contributed by atoms with E-state index in [1.165, 1.54) is 6.42 Å². The van der Waals surface area contributed by atoms with Gasteiger partial charge in [0.25, 0.3) is 0 Å². The maximum Gasteiger partial charge on any atom is 0.234 e. The molecule has 0 aliphatic carbocycles. The lowest BCUT2D eigenvalue weighted by molar-refractivity contribution is 0.252. The number of aromatic nitrogens is 2. The highest BCUT2D eigenvalue weighted by atomic mass is 16.5. The molecular weight excluding hydrogens is 266 g/mol. The fraction of sp³-hybridized carbons (Fsp3) is 0.733. The molecule has 0 unspecified atom stereocenters. The summed E-state index contributed by atoms with van der Waals surface area (Å²) in [4.78, 5) is 13.6. The highest BCUT2D eigenvalue weighted by molar-refractivity contribution is 5.38. The number of hydrogen-bond donors (Lipinski definition) is 1. The number of piperazine rings is 1. The van der Waals surface area contributed by atoms with E-state index in [4.69, 9.17) is 10.5 Å². The third-order valence-electron chi connectivity index (χ3n) is 3.68. The first-order valence-corrected chi connectivity index (χ1v) is 7.95. The van der Waals surface area contributed by atoms with E-state index < -0.39 is 0 Å². The average Bonchev–Trinajstić information content (AvgIpc) is 2.54. The minimum absolute atomic E-state index is 0.625. The molecule has 0 bridgehead atoms. The van der Waals surface area contributed by atoms with E-state index in [0.717, 1.165) is 57.9 Å². The third-order valence-corrected chi connectivity index (χ3v) is 3.68. The molecule has 1 fully saturated rings. The van der Waals surface area contributed by atoms with Crippen molar-refractivity contribution in [2.45, 2.75) is 26.2 Å². The zero-order chi connectivity index (χ0) is 14.9. The van der Waals surface area contributed by atoms with Gasteiger partial charge in [-0.2, -0.15) is 4.98 Å². The van der Waals surface area contributed by atoms with Crippen molar-refractivity contribution in [2.75, 3.05) is 50.8 Å². The van der Waals surface area contributed by atoms with Crippen LogP contribution < -0.4 is 15.4 Å². The number of hydrogen-bond acceptors (Lipinski definition) is 6. The van der Waals surface area contributed by atoms with Gasteiger partial charge in [-0.15, -0.1) is 0 Å². The highest BCUT2D eigenvalue weighted by Crippen LogP contribution is 2.16. The summed E-state index contributed by atoms with van der Waals surface area (Å²) in [5.74, 6) is 1.55. The SMILES string of the molecule is CCCOc1cncc(N2CCN(CCCCN)CC2)n1. The quantitative estimate of drug-likeness (QED) is 0.725. The first-order chi connectivity index (χ1) is 10.3. The molecule has 1 aromatic heterocycles. The molecule has 0 radical (unpaired) electrons. The van der Waals surface area contributed by atoms with E-state index in [2.05, 4.69) is 26.7 Å². The van der Waals surface area contributed by atoms with E-state index in [1.807, 2.05) is 6.20 Å². The minimum atomic E-state index is 0.625. The van der Waals surface area contributed by atoms with Crippen LogP contribution in [0.5, 0.6) is 5.88 Å². The summed E-state index contributed by atoms with van der Waals surface area (Å²) in [6.45, 7) is 8.85. The topological polar surface area (TPSA) is 67.5 Å². The average molecular weight is 293 g/mol. The van der Waals surface area contributed by atoms with Gasteiger partial charge < -0.3 is 15.4 Å². The van der Waals surface area contributed by atoms with Gasteiger partial charge in [-0.3, -0.25) is 9.88 Å². The van der Waals surface area contributed by atoms with E-state index in [9.17, 15) is 0 Å². The molecule has 1 aromatic rings. The molecule has 2 heterocycles. The van der Waals surface area contributed by atoms with Gasteiger partial charge in [0, 0.05) is 26.2 Å². The molecule has 6 nitrogen and oxygen atoms in total. The molecule has 1 saturated heterocycles. The molecular formula is C15H27N5O. The van der Waals surface area contributed by atoms with Crippen LogP contribution in [0.25, 0.3) is 0 Å². The predicted octanol–water partition coefficient (Wildman–Crippen LogP) is 1.13. The zero-order valence-electron chi connectivity index (χ0n) is 13.0. The van der Waals surface area contributed by atoms with Crippen LogP contribution in [-0.4, -0.2) is 60.7 Å². The van der Waals surface area contributed by atoms with E-state index in [0.29, 0.717) is 12.5 Å². The van der Waals surface area contributed by atoms with Crippen molar-refractivity contribution in [3.63, 3.8) is 0 Å². The molecule has 0 saturated carbocycles. The van der Waals surface area contributed by atoms with Crippen LogP contribution in [0.4, 0.5) is 5.82 Å². The molecule has 118 valence electrons. The van der Waals surface area contributed by atoms with Gasteiger partial charge in [-0.1, -0.05) is 6.92 Å². The van der Waals surface area contributed by atoms with Crippen molar-refractivity contribution in [2.24, 2.45) is 5.73 Å². The smallest absolute Gasteiger partial charge is 0.234 e. The Morgan fingerprint density at radius 2 is 2.00 bits per heavy atom. The van der Waals surface area contributed by atoms with Gasteiger partial charge in [0.2, 0.25) is 5.88 Å². The molecule has 0 aromatic carbocycles. The first-order valence-electron chi connectivity index (χ1n) is 7.95. The molecule has 1 aliphatic rings. The van der Waals surface area contributed by atoms with Crippen molar-refractivity contribution in [1.82, 2.24) is 14.9 Å². The predicted molar refractivity (Wildman–Crippen MR) is 84.8 cm³/mol. The van der Waals surface area contributed by atoms with E-state index in [-0.39, 0.29) is 0 Å². The van der Waals surface area contributed by atoms with Crippen LogP contribution in [0.15, 0.2) is 12.4 Å². The largest absolute Gasteiger partial charge is 0.477 e. The van der Waals surface area contributed by atoms with E-state index >= 15 is 0 Å². The second kappa shape index (κ2) is 8.79. The maximum absolute atomic E-state index is 5.55. The standard InChI is InChI=1S/C15H27N5O/c1-2-11-21-15-13-17-12-14(18-15)20-9-7-19(8-10-20)6-4-3-5-16/h12-13H,2-11,16H2,1H3. The maximum atomic E-state index is 5.55. The minimum Gasteiger partial charge on any atom is -0.477 e. The third kappa shape index (κ3) is 5.13. The molecule has 6 heteroatoms. The van der Waals surface area contributed by atoms with Gasteiger partial charge in [-0.05, 0) is 32.4 Å². The van der Waals surface area contributed by atoms with Crippen LogP contribution in [0.3, 0.4) is 0 Å². The van der Waals surface area contributed by atoms with Gasteiger partial charge in [0.05, 0.1) is 19.0 Å². The van der Waals surface area contributed by atoms with Crippen LogP contribution >= 0.6 is 0 Å². The summed E-state index contributed by atoms with van der Waals surface area (Å²) in [5.41, 5.74) is 5.54.